The van der Waals surface area contributed by atoms with Crippen molar-refractivity contribution in [3.05, 3.63) is 60.1 Å². The van der Waals surface area contributed by atoms with Gasteiger partial charge >= 0.3 is 0 Å². The number of hydrogen-bond acceptors (Lipinski definition) is 3. The van der Waals surface area contributed by atoms with E-state index in [1.54, 1.807) is 18.4 Å². The monoisotopic (exact) mass is 298 g/mol. The molecule has 0 radical (unpaired) electrons. The fourth-order valence-electron chi connectivity index (χ4n) is 2.88. The minimum absolute atomic E-state index is 0.00827. The summed E-state index contributed by atoms with van der Waals surface area (Å²) in [6, 6.07) is 14.1. The topological polar surface area (TPSA) is 36.7 Å². The maximum Gasteiger partial charge on any atom is 0.289 e. The Morgan fingerprint density at radius 3 is 2.45 bits per heavy atom. The van der Waals surface area contributed by atoms with Gasteiger partial charge in [-0.1, -0.05) is 30.3 Å². The molecule has 2 aromatic rings. The molecule has 2 heterocycles. The SMILES string of the molecule is O=C(c1ccco1)N1CCN(CCCc2ccccc2)CC1. The first-order valence-corrected chi connectivity index (χ1v) is 7.92. The van der Waals surface area contributed by atoms with Crippen LogP contribution in [0.1, 0.15) is 22.5 Å². The molecule has 0 atom stereocenters. The van der Waals surface area contributed by atoms with E-state index in [-0.39, 0.29) is 5.91 Å². The average molecular weight is 298 g/mol. The molecule has 1 aliphatic heterocycles. The predicted octanol–water partition coefficient (Wildman–Crippen LogP) is 2.67. The first-order chi connectivity index (χ1) is 10.8. The third-order valence-corrected chi connectivity index (χ3v) is 4.17. The van der Waals surface area contributed by atoms with Crippen molar-refractivity contribution in [2.45, 2.75) is 12.8 Å². The summed E-state index contributed by atoms with van der Waals surface area (Å²) in [5, 5.41) is 0. The fourth-order valence-corrected chi connectivity index (χ4v) is 2.88. The van der Waals surface area contributed by atoms with Crippen LogP contribution in [0, 0.1) is 0 Å². The lowest BCUT2D eigenvalue weighted by atomic mass is 10.1. The molecule has 116 valence electrons. The minimum Gasteiger partial charge on any atom is -0.459 e. The van der Waals surface area contributed by atoms with Crippen LogP contribution in [0.4, 0.5) is 0 Å². The van der Waals surface area contributed by atoms with Crippen molar-refractivity contribution >= 4 is 5.91 Å². The molecule has 1 aromatic carbocycles. The number of benzene rings is 1. The van der Waals surface area contributed by atoms with E-state index in [9.17, 15) is 4.79 Å². The standard InChI is InChI=1S/C18H22N2O2/c21-18(17-9-5-15-22-17)20-13-11-19(12-14-20)10-4-8-16-6-2-1-3-7-16/h1-3,5-7,9,15H,4,8,10-14H2. The molecule has 1 aromatic heterocycles. The van der Waals surface area contributed by atoms with E-state index in [1.807, 2.05) is 4.90 Å². The highest BCUT2D eigenvalue weighted by Crippen LogP contribution is 2.10. The molecule has 0 spiro atoms. The van der Waals surface area contributed by atoms with E-state index in [1.165, 1.54) is 5.56 Å². The molecule has 0 aliphatic carbocycles. The Hall–Kier alpha value is -2.07. The molecule has 1 fully saturated rings. The van der Waals surface area contributed by atoms with Gasteiger partial charge in [0, 0.05) is 26.2 Å². The number of amides is 1. The van der Waals surface area contributed by atoms with Crippen molar-refractivity contribution in [3.63, 3.8) is 0 Å². The quantitative estimate of drug-likeness (QED) is 0.851. The van der Waals surface area contributed by atoms with Crippen molar-refractivity contribution in [3.8, 4) is 0 Å². The molecule has 1 amide bonds. The van der Waals surface area contributed by atoms with Gasteiger partial charge in [-0.2, -0.15) is 0 Å². The summed E-state index contributed by atoms with van der Waals surface area (Å²) in [5.41, 5.74) is 1.40. The van der Waals surface area contributed by atoms with E-state index in [2.05, 4.69) is 35.2 Å². The van der Waals surface area contributed by atoms with Crippen molar-refractivity contribution in [2.24, 2.45) is 0 Å². The van der Waals surface area contributed by atoms with E-state index < -0.39 is 0 Å². The van der Waals surface area contributed by atoms with Crippen LogP contribution < -0.4 is 0 Å². The third kappa shape index (κ3) is 3.77. The van der Waals surface area contributed by atoms with E-state index in [0.29, 0.717) is 5.76 Å². The lowest BCUT2D eigenvalue weighted by Crippen LogP contribution is -2.48. The van der Waals surface area contributed by atoms with Crippen molar-refractivity contribution < 1.29 is 9.21 Å². The molecular weight excluding hydrogens is 276 g/mol. The Morgan fingerprint density at radius 2 is 1.77 bits per heavy atom. The first kappa shape index (κ1) is 14.9. The van der Waals surface area contributed by atoms with Crippen LogP contribution in [0.2, 0.25) is 0 Å². The van der Waals surface area contributed by atoms with Crippen LogP contribution in [0.3, 0.4) is 0 Å². The highest BCUT2D eigenvalue weighted by molar-refractivity contribution is 5.91. The van der Waals surface area contributed by atoms with E-state index in [0.717, 1.165) is 45.6 Å². The second kappa shape index (κ2) is 7.27. The molecule has 3 rings (SSSR count). The second-order valence-electron chi connectivity index (χ2n) is 5.70. The number of furan rings is 1. The number of rotatable bonds is 5. The van der Waals surface area contributed by atoms with Gasteiger partial charge in [0.2, 0.25) is 0 Å². The number of carbonyl (C=O) groups is 1. The largest absolute Gasteiger partial charge is 0.459 e. The van der Waals surface area contributed by atoms with Crippen LogP contribution in [0.5, 0.6) is 0 Å². The summed E-state index contributed by atoms with van der Waals surface area (Å²) >= 11 is 0. The third-order valence-electron chi connectivity index (χ3n) is 4.17. The molecule has 4 heteroatoms. The predicted molar refractivity (Wildman–Crippen MR) is 85.8 cm³/mol. The van der Waals surface area contributed by atoms with Crippen molar-refractivity contribution in [1.82, 2.24) is 9.80 Å². The Bertz CT molecular complexity index is 572. The maximum absolute atomic E-state index is 12.2. The zero-order chi connectivity index (χ0) is 15.2. The number of carbonyl (C=O) groups excluding carboxylic acids is 1. The molecule has 0 bridgehead atoms. The maximum atomic E-state index is 12.2. The summed E-state index contributed by atoms with van der Waals surface area (Å²) in [6.45, 7) is 4.55. The van der Waals surface area contributed by atoms with Crippen LogP contribution in [-0.2, 0) is 6.42 Å². The molecule has 4 nitrogen and oxygen atoms in total. The molecule has 22 heavy (non-hydrogen) atoms. The Balaban J connectivity index is 1.39. The van der Waals surface area contributed by atoms with Gasteiger partial charge in [-0.05, 0) is 37.1 Å². The summed E-state index contributed by atoms with van der Waals surface area (Å²) < 4.78 is 5.18. The summed E-state index contributed by atoms with van der Waals surface area (Å²) in [5.74, 6) is 0.450. The van der Waals surface area contributed by atoms with Crippen molar-refractivity contribution in [1.29, 1.82) is 0 Å². The highest BCUT2D eigenvalue weighted by atomic mass is 16.3. The number of nitrogens with zero attached hydrogens (tertiary/aromatic N) is 2. The van der Waals surface area contributed by atoms with Gasteiger partial charge in [-0.15, -0.1) is 0 Å². The molecule has 0 N–H and O–H groups in total. The number of hydrogen-bond donors (Lipinski definition) is 0. The molecular formula is C18H22N2O2. The van der Waals surface area contributed by atoms with Crippen molar-refractivity contribution in [2.75, 3.05) is 32.7 Å². The van der Waals surface area contributed by atoms with Gasteiger partial charge < -0.3 is 9.32 Å². The lowest BCUT2D eigenvalue weighted by Gasteiger charge is -2.34. The molecule has 0 unspecified atom stereocenters. The summed E-state index contributed by atoms with van der Waals surface area (Å²) in [4.78, 5) is 16.5. The fraction of sp³-hybridized carbons (Fsp3) is 0.389. The number of piperazine rings is 1. The van der Waals surface area contributed by atoms with E-state index in [4.69, 9.17) is 4.42 Å². The highest BCUT2D eigenvalue weighted by Gasteiger charge is 2.23. The minimum atomic E-state index is 0.00827. The average Bonchev–Trinajstić information content (AvgIpc) is 3.10. The van der Waals surface area contributed by atoms with Gasteiger partial charge in [0.15, 0.2) is 5.76 Å². The lowest BCUT2D eigenvalue weighted by molar-refractivity contribution is 0.0605. The summed E-state index contributed by atoms with van der Waals surface area (Å²) in [6.07, 6.45) is 3.83. The zero-order valence-electron chi connectivity index (χ0n) is 12.8. The second-order valence-corrected chi connectivity index (χ2v) is 5.70. The zero-order valence-corrected chi connectivity index (χ0v) is 12.8. The number of aryl methyl sites for hydroxylation is 1. The molecule has 1 aliphatic rings. The smallest absolute Gasteiger partial charge is 0.289 e. The van der Waals surface area contributed by atoms with Crippen LogP contribution in [-0.4, -0.2) is 48.4 Å². The van der Waals surface area contributed by atoms with Gasteiger partial charge in [-0.3, -0.25) is 9.69 Å². The van der Waals surface area contributed by atoms with Crippen LogP contribution in [0.25, 0.3) is 0 Å². The van der Waals surface area contributed by atoms with Gasteiger partial charge in [0.05, 0.1) is 6.26 Å². The van der Waals surface area contributed by atoms with Gasteiger partial charge in [-0.25, -0.2) is 0 Å². The van der Waals surface area contributed by atoms with Crippen LogP contribution >= 0.6 is 0 Å². The molecule has 1 saturated heterocycles. The van der Waals surface area contributed by atoms with Gasteiger partial charge in [0.25, 0.3) is 5.91 Å². The Kier molecular flexibility index (Phi) is 4.91. The first-order valence-electron chi connectivity index (χ1n) is 7.92. The summed E-state index contributed by atoms with van der Waals surface area (Å²) in [7, 11) is 0. The molecule has 0 saturated carbocycles. The normalized spacial score (nSPS) is 15.9. The van der Waals surface area contributed by atoms with Gasteiger partial charge in [0.1, 0.15) is 0 Å². The Labute approximate surface area is 131 Å². The Morgan fingerprint density at radius 1 is 1.00 bits per heavy atom. The van der Waals surface area contributed by atoms with E-state index >= 15 is 0 Å². The van der Waals surface area contributed by atoms with Crippen LogP contribution in [0.15, 0.2) is 53.1 Å².